The highest BCUT2D eigenvalue weighted by Gasteiger charge is 2.39. The molecule has 0 amide bonds. The van der Waals surface area contributed by atoms with E-state index in [1.807, 2.05) is 19.1 Å². The molecule has 2 aromatic heterocycles. The predicted octanol–water partition coefficient (Wildman–Crippen LogP) is 4.64. The minimum Gasteiger partial charge on any atom is -0.322 e. The molecule has 0 radical (unpaired) electrons. The van der Waals surface area contributed by atoms with Crippen molar-refractivity contribution in [2.45, 2.75) is 31.1 Å². The first kappa shape index (κ1) is 23.7. The molecule has 0 fully saturated rings. The number of hydrogen-bond donors (Lipinski definition) is 1. The van der Waals surface area contributed by atoms with Crippen molar-refractivity contribution >= 4 is 20.9 Å². The highest BCUT2D eigenvalue weighted by molar-refractivity contribution is 7.89. The van der Waals surface area contributed by atoms with Gasteiger partial charge in [-0.05, 0) is 54.3 Å². The second-order valence-corrected chi connectivity index (χ2v) is 9.75. The first-order valence-electron chi connectivity index (χ1n) is 10.2. The lowest BCUT2D eigenvalue weighted by Crippen LogP contribution is -2.33. The maximum atomic E-state index is 13.6. The van der Waals surface area contributed by atoms with Gasteiger partial charge in [-0.2, -0.15) is 17.5 Å². The fourth-order valence-electron chi connectivity index (χ4n) is 3.66. The van der Waals surface area contributed by atoms with Crippen LogP contribution in [0.1, 0.15) is 22.3 Å². The molecule has 0 aliphatic carbocycles. The Bertz CT molecular complexity index is 1500. The van der Waals surface area contributed by atoms with Crippen LogP contribution in [0.3, 0.4) is 0 Å². The van der Waals surface area contributed by atoms with Gasteiger partial charge in [0.25, 0.3) is 5.56 Å². The van der Waals surface area contributed by atoms with Crippen molar-refractivity contribution in [1.29, 1.82) is 0 Å². The number of halogens is 3. The summed E-state index contributed by atoms with van der Waals surface area (Å²) in [5.74, 6) is 0. The van der Waals surface area contributed by atoms with E-state index in [0.717, 1.165) is 28.1 Å². The SMILES string of the molecule is Cc1ccc2[nH]c(=O)c(CN(Cc3cccnc3)S(=O)(=O)c3ccccc3C(F)(F)F)cc2c1. The molecule has 0 atom stereocenters. The van der Waals surface area contributed by atoms with Gasteiger partial charge in [-0.1, -0.05) is 29.8 Å². The molecule has 4 aromatic rings. The molecule has 176 valence electrons. The van der Waals surface area contributed by atoms with Gasteiger partial charge in [0, 0.05) is 36.6 Å². The number of aromatic nitrogens is 2. The van der Waals surface area contributed by atoms with E-state index in [9.17, 15) is 26.4 Å². The van der Waals surface area contributed by atoms with Crippen molar-refractivity contribution in [1.82, 2.24) is 14.3 Å². The van der Waals surface area contributed by atoms with Crippen molar-refractivity contribution in [2.75, 3.05) is 0 Å². The summed E-state index contributed by atoms with van der Waals surface area (Å²) in [5, 5.41) is 0.684. The number of nitrogens with zero attached hydrogens (tertiary/aromatic N) is 2. The summed E-state index contributed by atoms with van der Waals surface area (Å²) in [5.41, 5.74) is 0.285. The van der Waals surface area contributed by atoms with Crippen LogP contribution >= 0.6 is 0 Å². The van der Waals surface area contributed by atoms with Crippen molar-refractivity contribution in [3.05, 3.63) is 106 Å². The van der Waals surface area contributed by atoms with Crippen molar-refractivity contribution in [3.63, 3.8) is 0 Å². The van der Waals surface area contributed by atoms with Crippen LogP contribution in [0.4, 0.5) is 13.2 Å². The molecule has 0 aliphatic rings. The van der Waals surface area contributed by atoms with Gasteiger partial charge < -0.3 is 4.98 Å². The first-order chi connectivity index (χ1) is 16.1. The molecule has 0 unspecified atom stereocenters. The molecule has 0 aliphatic heterocycles. The number of rotatable bonds is 6. The fraction of sp³-hybridized carbons (Fsp3) is 0.167. The van der Waals surface area contributed by atoms with Crippen molar-refractivity contribution in [3.8, 4) is 0 Å². The molecular formula is C24H20F3N3O3S. The van der Waals surface area contributed by atoms with Gasteiger partial charge in [0.05, 0.1) is 10.5 Å². The standard InChI is InChI=1S/C24H20F3N3O3S/c1-16-8-9-21-18(11-16)12-19(23(31)29-21)15-30(14-17-5-4-10-28-13-17)34(32,33)22-7-3-2-6-20(22)24(25,26)27/h2-13H,14-15H2,1H3,(H,29,31). The van der Waals surface area contributed by atoms with Gasteiger partial charge in [-0.3, -0.25) is 9.78 Å². The highest BCUT2D eigenvalue weighted by atomic mass is 32.2. The molecule has 0 saturated carbocycles. The number of pyridine rings is 2. The molecule has 4 rings (SSSR count). The van der Waals surface area contributed by atoms with Crippen LogP contribution in [0.25, 0.3) is 10.9 Å². The van der Waals surface area contributed by atoms with Crippen LogP contribution < -0.4 is 5.56 Å². The minimum absolute atomic E-state index is 0.107. The summed E-state index contributed by atoms with van der Waals surface area (Å²) in [6.07, 6.45) is -1.95. The lowest BCUT2D eigenvalue weighted by Gasteiger charge is -2.24. The third kappa shape index (κ3) is 4.87. The number of H-pyrrole nitrogens is 1. The summed E-state index contributed by atoms with van der Waals surface area (Å²) in [7, 11) is -4.66. The van der Waals surface area contributed by atoms with E-state index < -0.39 is 38.8 Å². The predicted molar refractivity (Wildman–Crippen MR) is 121 cm³/mol. The normalized spacial score (nSPS) is 12.4. The van der Waals surface area contributed by atoms with E-state index >= 15 is 0 Å². The van der Waals surface area contributed by atoms with Gasteiger partial charge in [-0.15, -0.1) is 0 Å². The van der Waals surface area contributed by atoms with E-state index in [2.05, 4.69) is 9.97 Å². The number of alkyl halides is 3. The van der Waals surface area contributed by atoms with E-state index in [-0.39, 0.29) is 12.1 Å². The Morgan fingerprint density at radius 3 is 2.47 bits per heavy atom. The van der Waals surface area contributed by atoms with Crippen LogP contribution in [-0.2, 0) is 29.3 Å². The van der Waals surface area contributed by atoms with Gasteiger partial charge in [-0.25, -0.2) is 8.42 Å². The maximum Gasteiger partial charge on any atom is 0.417 e. The van der Waals surface area contributed by atoms with Crippen LogP contribution in [-0.4, -0.2) is 22.7 Å². The Balaban J connectivity index is 1.84. The fourth-order valence-corrected chi connectivity index (χ4v) is 5.28. The minimum atomic E-state index is -4.87. The lowest BCUT2D eigenvalue weighted by atomic mass is 10.1. The summed E-state index contributed by atoms with van der Waals surface area (Å²) < 4.78 is 68.8. The molecule has 1 N–H and O–H groups in total. The molecular weight excluding hydrogens is 467 g/mol. The van der Waals surface area contributed by atoms with Crippen molar-refractivity contribution < 1.29 is 21.6 Å². The van der Waals surface area contributed by atoms with E-state index in [4.69, 9.17) is 0 Å². The molecule has 10 heteroatoms. The monoisotopic (exact) mass is 487 g/mol. The van der Waals surface area contributed by atoms with Crippen LogP contribution in [0.5, 0.6) is 0 Å². The van der Waals surface area contributed by atoms with E-state index in [1.54, 1.807) is 24.3 Å². The van der Waals surface area contributed by atoms with Gasteiger partial charge in [0.2, 0.25) is 10.0 Å². The number of fused-ring (bicyclic) bond motifs is 1. The largest absolute Gasteiger partial charge is 0.417 e. The van der Waals surface area contributed by atoms with Crippen LogP contribution in [0.2, 0.25) is 0 Å². The van der Waals surface area contributed by atoms with E-state index in [0.29, 0.717) is 16.5 Å². The average molecular weight is 488 g/mol. The second-order valence-electron chi connectivity index (χ2n) is 7.84. The number of nitrogens with one attached hydrogen (secondary N) is 1. The molecule has 6 nitrogen and oxygen atoms in total. The molecule has 2 heterocycles. The zero-order chi connectivity index (χ0) is 24.5. The molecule has 0 saturated heterocycles. The smallest absolute Gasteiger partial charge is 0.322 e. The lowest BCUT2D eigenvalue weighted by molar-refractivity contribution is -0.139. The topological polar surface area (TPSA) is 83.1 Å². The van der Waals surface area contributed by atoms with Crippen LogP contribution in [0, 0.1) is 6.92 Å². The Hall–Kier alpha value is -3.50. The second kappa shape index (κ2) is 9.03. The summed E-state index contributed by atoms with van der Waals surface area (Å²) >= 11 is 0. The third-order valence-electron chi connectivity index (χ3n) is 5.32. The first-order valence-corrected chi connectivity index (χ1v) is 11.7. The molecule has 34 heavy (non-hydrogen) atoms. The third-order valence-corrected chi connectivity index (χ3v) is 7.17. The highest BCUT2D eigenvalue weighted by Crippen LogP contribution is 2.35. The summed E-state index contributed by atoms with van der Waals surface area (Å²) in [4.78, 5) is 18.5. The zero-order valence-electron chi connectivity index (χ0n) is 18.0. The summed E-state index contributed by atoms with van der Waals surface area (Å²) in [6, 6.07) is 14.2. The van der Waals surface area contributed by atoms with E-state index in [1.165, 1.54) is 18.5 Å². The zero-order valence-corrected chi connectivity index (χ0v) is 18.8. The average Bonchev–Trinajstić information content (AvgIpc) is 2.79. The molecule has 2 aromatic carbocycles. The number of benzene rings is 2. The van der Waals surface area contributed by atoms with Gasteiger partial charge in [0.15, 0.2) is 0 Å². The molecule has 0 spiro atoms. The van der Waals surface area contributed by atoms with Gasteiger partial charge in [0.1, 0.15) is 0 Å². The maximum absolute atomic E-state index is 13.6. The number of sulfonamides is 1. The number of aromatic amines is 1. The number of aryl methyl sites for hydroxylation is 1. The Morgan fingerprint density at radius 1 is 1.00 bits per heavy atom. The molecule has 0 bridgehead atoms. The number of hydrogen-bond acceptors (Lipinski definition) is 4. The Kier molecular flexibility index (Phi) is 6.28. The van der Waals surface area contributed by atoms with Crippen molar-refractivity contribution in [2.24, 2.45) is 0 Å². The van der Waals surface area contributed by atoms with Crippen LogP contribution in [0.15, 0.2) is 82.7 Å². The summed E-state index contributed by atoms with van der Waals surface area (Å²) in [6.45, 7) is 1.17. The Morgan fingerprint density at radius 2 is 1.76 bits per heavy atom. The Labute approximate surface area is 193 Å². The van der Waals surface area contributed by atoms with Gasteiger partial charge >= 0.3 is 6.18 Å². The quantitative estimate of drug-likeness (QED) is 0.430.